The molecule has 0 bridgehead atoms. The molecule has 2 amide bonds. The Balaban J connectivity index is 1.10. The van der Waals surface area contributed by atoms with Gasteiger partial charge in [-0.25, -0.2) is 8.42 Å². The molecule has 11 nitrogen and oxygen atoms in total. The lowest BCUT2D eigenvalue weighted by Gasteiger charge is -2.29. The van der Waals surface area contributed by atoms with E-state index in [9.17, 15) is 22.8 Å². The summed E-state index contributed by atoms with van der Waals surface area (Å²) < 4.78 is 27.5. The number of carbonyl (C=O) groups excluding carboxylic acids is 3. The van der Waals surface area contributed by atoms with Gasteiger partial charge in [-0.05, 0) is 55.2 Å². The van der Waals surface area contributed by atoms with Crippen LogP contribution in [-0.4, -0.2) is 98.1 Å². The molecule has 1 aromatic carbocycles. The summed E-state index contributed by atoms with van der Waals surface area (Å²) in [7, 11) is -3.88. The molecule has 0 aliphatic carbocycles. The monoisotopic (exact) mass is 568 g/mol. The number of sulfonamides is 1. The fraction of sp³-hybridized carbons (Fsp3) is 0.500. The van der Waals surface area contributed by atoms with E-state index in [-0.39, 0.29) is 41.4 Å². The van der Waals surface area contributed by atoms with E-state index in [0.29, 0.717) is 31.5 Å². The molecule has 1 aromatic heterocycles. The number of anilines is 1. The first-order chi connectivity index (χ1) is 19.3. The fourth-order valence-corrected chi connectivity index (χ4v) is 7.40. The number of carbonyl (C=O) groups is 3. The Morgan fingerprint density at radius 1 is 1.12 bits per heavy atom. The molecule has 3 aliphatic heterocycles. The highest BCUT2D eigenvalue weighted by molar-refractivity contribution is 7.89. The molecule has 0 saturated carbocycles. The van der Waals surface area contributed by atoms with E-state index < -0.39 is 22.1 Å². The lowest BCUT2D eigenvalue weighted by Crippen LogP contribution is -2.44. The van der Waals surface area contributed by atoms with Crippen LogP contribution in [0.25, 0.3) is 0 Å². The number of hydrogen-bond acceptors (Lipinski definition) is 8. The molecular formula is C28H36N6O5S. The van der Waals surface area contributed by atoms with Gasteiger partial charge < -0.3 is 20.4 Å². The molecule has 2 aromatic rings. The van der Waals surface area contributed by atoms with E-state index in [4.69, 9.17) is 0 Å². The van der Waals surface area contributed by atoms with E-state index in [1.807, 2.05) is 31.2 Å². The zero-order chi connectivity index (χ0) is 28.3. The summed E-state index contributed by atoms with van der Waals surface area (Å²) in [4.78, 5) is 46.4. The van der Waals surface area contributed by atoms with Crippen LogP contribution in [0.2, 0.25) is 0 Å². The zero-order valence-corrected chi connectivity index (χ0v) is 23.5. The lowest BCUT2D eigenvalue weighted by atomic mass is 10.0. The third-order valence-corrected chi connectivity index (χ3v) is 9.85. The van der Waals surface area contributed by atoms with Gasteiger partial charge in [-0.1, -0.05) is 6.92 Å². The largest absolute Gasteiger partial charge is 0.369 e. The Hall–Kier alpha value is -3.35. The minimum atomic E-state index is -3.88. The normalized spacial score (nSPS) is 22.3. The van der Waals surface area contributed by atoms with E-state index >= 15 is 0 Å². The summed E-state index contributed by atoms with van der Waals surface area (Å²) >= 11 is 0. The fourth-order valence-electron chi connectivity index (χ4n) is 5.81. The molecule has 2 N–H and O–H groups in total. The zero-order valence-electron chi connectivity index (χ0n) is 22.7. The van der Waals surface area contributed by atoms with Gasteiger partial charge in [0.15, 0.2) is 5.78 Å². The molecule has 3 unspecified atom stereocenters. The summed E-state index contributed by atoms with van der Waals surface area (Å²) in [6.07, 6.45) is 4.01. The second kappa shape index (κ2) is 12.0. The number of piperazine rings is 1. The Kier molecular flexibility index (Phi) is 8.48. The first-order valence-corrected chi connectivity index (χ1v) is 15.3. The average molecular weight is 569 g/mol. The van der Waals surface area contributed by atoms with Crippen molar-refractivity contribution in [1.29, 1.82) is 0 Å². The summed E-state index contributed by atoms with van der Waals surface area (Å²) in [6.45, 7) is 6.25. The van der Waals surface area contributed by atoms with Crippen molar-refractivity contribution in [3.05, 3.63) is 54.4 Å². The minimum absolute atomic E-state index is 0.0197. The van der Waals surface area contributed by atoms with Crippen LogP contribution in [0, 0.1) is 5.92 Å². The van der Waals surface area contributed by atoms with Gasteiger partial charge in [0.25, 0.3) is 5.91 Å². The highest BCUT2D eigenvalue weighted by Gasteiger charge is 2.53. The second-order valence-corrected chi connectivity index (χ2v) is 12.6. The number of hydrogen-bond donors (Lipinski definition) is 2. The maximum atomic E-state index is 13.2. The lowest BCUT2D eigenvalue weighted by molar-refractivity contribution is -0.137. The number of likely N-dealkylation sites (tertiary alicyclic amines) is 1. The number of fused-ring (bicyclic) bond motifs is 1. The molecule has 3 aliphatic rings. The highest BCUT2D eigenvalue weighted by Crippen LogP contribution is 2.34. The van der Waals surface area contributed by atoms with Gasteiger partial charge in [-0.3, -0.25) is 19.4 Å². The molecule has 3 fully saturated rings. The maximum absolute atomic E-state index is 13.2. The number of nitrogens with one attached hydrogen (secondary N) is 2. The van der Waals surface area contributed by atoms with Crippen LogP contribution < -0.4 is 15.5 Å². The average Bonchev–Trinajstić information content (AvgIpc) is 3.55. The number of aromatic nitrogens is 1. The number of ketones is 1. The van der Waals surface area contributed by atoms with E-state index in [1.54, 1.807) is 11.0 Å². The van der Waals surface area contributed by atoms with Gasteiger partial charge >= 0.3 is 0 Å². The Labute approximate surface area is 235 Å². The van der Waals surface area contributed by atoms with Crippen molar-refractivity contribution in [1.82, 2.24) is 24.8 Å². The Morgan fingerprint density at radius 3 is 2.58 bits per heavy atom. The summed E-state index contributed by atoms with van der Waals surface area (Å²) in [5, 5.41) is 6.26. The van der Waals surface area contributed by atoms with Crippen LogP contribution in [0.5, 0.6) is 0 Å². The topological polar surface area (TPSA) is 132 Å². The molecule has 0 radical (unpaired) electrons. The molecule has 214 valence electrons. The summed E-state index contributed by atoms with van der Waals surface area (Å²) in [6, 6.07) is 9.29. The molecule has 4 heterocycles. The van der Waals surface area contributed by atoms with Crippen LogP contribution in [0.3, 0.4) is 0 Å². The number of Topliss-reactive ketones (excluding diaryl/α,β-unsaturated/α-hetero) is 1. The first kappa shape index (κ1) is 28.2. The Bertz CT molecular complexity index is 1330. The SMILES string of the molecule is CC(CCNC(=O)c1ccc(N2CCNCC2)cc1)CC(=O)N1CCC2C1C(=O)CN2S(=O)(=O)c1cccnc1. The van der Waals surface area contributed by atoms with Gasteiger partial charge in [0.05, 0.1) is 12.6 Å². The molecular weight excluding hydrogens is 532 g/mol. The standard InChI is InChI=1S/C28H36N6O5S/c1-20(8-11-31-28(37)21-4-6-22(7-5-21)32-15-12-29-13-16-32)17-26(36)33-14-9-24-27(33)25(35)19-34(24)40(38,39)23-3-2-10-30-18-23/h2-7,10,18,20,24,27,29H,8-9,11-17,19H2,1H3,(H,31,37). The summed E-state index contributed by atoms with van der Waals surface area (Å²) in [5.74, 6) is -0.595. The van der Waals surface area contributed by atoms with Gasteiger partial charge in [-0.2, -0.15) is 4.31 Å². The summed E-state index contributed by atoms with van der Waals surface area (Å²) in [5.41, 5.74) is 1.70. The van der Waals surface area contributed by atoms with Crippen LogP contribution in [0.15, 0.2) is 53.7 Å². The van der Waals surface area contributed by atoms with Gasteiger partial charge in [0.2, 0.25) is 15.9 Å². The van der Waals surface area contributed by atoms with Gasteiger partial charge in [0.1, 0.15) is 10.9 Å². The molecule has 12 heteroatoms. The number of rotatable bonds is 9. The third-order valence-electron chi connectivity index (χ3n) is 8.00. The molecule has 3 saturated heterocycles. The highest BCUT2D eigenvalue weighted by atomic mass is 32.2. The third kappa shape index (κ3) is 5.89. The number of benzene rings is 1. The molecule has 40 heavy (non-hydrogen) atoms. The van der Waals surface area contributed by atoms with Crippen molar-refractivity contribution in [3.8, 4) is 0 Å². The van der Waals surface area contributed by atoms with Gasteiger partial charge in [-0.15, -0.1) is 0 Å². The smallest absolute Gasteiger partial charge is 0.251 e. The predicted octanol–water partition coefficient (Wildman–Crippen LogP) is 0.880. The first-order valence-electron chi connectivity index (χ1n) is 13.8. The molecule has 5 rings (SSSR count). The maximum Gasteiger partial charge on any atom is 0.251 e. The van der Waals surface area contributed by atoms with E-state index in [2.05, 4.69) is 20.5 Å². The van der Waals surface area contributed by atoms with Gasteiger partial charge in [0, 0.05) is 69.3 Å². The Morgan fingerprint density at radius 2 is 1.88 bits per heavy atom. The van der Waals surface area contributed by atoms with Crippen molar-refractivity contribution in [3.63, 3.8) is 0 Å². The minimum Gasteiger partial charge on any atom is -0.369 e. The van der Waals surface area contributed by atoms with Crippen LogP contribution in [-0.2, 0) is 19.6 Å². The van der Waals surface area contributed by atoms with Crippen molar-refractivity contribution < 1.29 is 22.8 Å². The van der Waals surface area contributed by atoms with Crippen molar-refractivity contribution in [2.24, 2.45) is 5.92 Å². The van der Waals surface area contributed by atoms with Crippen LogP contribution >= 0.6 is 0 Å². The second-order valence-electron chi connectivity index (χ2n) is 10.7. The van der Waals surface area contributed by atoms with Crippen molar-refractivity contribution in [2.75, 3.05) is 50.7 Å². The number of nitrogens with zero attached hydrogens (tertiary/aromatic N) is 4. The van der Waals surface area contributed by atoms with E-state index in [0.717, 1.165) is 31.9 Å². The molecule has 0 spiro atoms. The molecule has 3 atom stereocenters. The van der Waals surface area contributed by atoms with E-state index in [1.165, 1.54) is 22.8 Å². The number of amides is 2. The van der Waals surface area contributed by atoms with Crippen LogP contribution in [0.1, 0.15) is 36.5 Å². The van der Waals surface area contributed by atoms with Crippen molar-refractivity contribution in [2.45, 2.75) is 43.2 Å². The number of pyridine rings is 1. The quantitative estimate of drug-likeness (QED) is 0.456. The predicted molar refractivity (Wildman–Crippen MR) is 149 cm³/mol. The van der Waals surface area contributed by atoms with Crippen LogP contribution in [0.4, 0.5) is 5.69 Å². The van der Waals surface area contributed by atoms with Crippen molar-refractivity contribution >= 4 is 33.3 Å².